The van der Waals surface area contributed by atoms with Crippen molar-refractivity contribution in [1.29, 1.82) is 0 Å². The number of aromatic nitrogens is 1. The fourth-order valence-corrected chi connectivity index (χ4v) is 1.71. The number of alkyl halides is 7. The molecule has 8 heteroatoms. The quantitative estimate of drug-likeness (QED) is 0.564. The summed E-state index contributed by atoms with van der Waals surface area (Å²) in [5.74, 6) is 0. The molecule has 0 amide bonds. The molecular weight excluding hydrogens is 304 g/mol. The van der Waals surface area contributed by atoms with Gasteiger partial charge in [-0.25, -0.2) is 0 Å². The number of hydrogen-bond acceptors (Lipinski definition) is 1. The Morgan fingerprint density at radius 1 is 1.06 bits per heavy atom. The lowest BCUT2D eigenvalue weighted by Gasteiger charge is -2.15. The Hall–Kier alpha value is -0.790. The van der Waals surface area contributed by atoms with E-state index in [9.17, 15) is 26.3 Å². The molecule has 0 saturated heterocycles. The smallest absolute Gasteiger partial charge is 0.251 e. The van der Waals surface area contributed by atoms with Crippen LogP contribution in [-0.4, -0.2) is 4.98 Å². The van der Waals surface area contributed by atoms with Crippen LogP contribution < -0.4 is 0 Å². The van der Waals surface area contributed by atoms with Crippen molar-refractivity contribution in [3.8, 4) is 0 Å². The Labute approximate surface area is 94.6 Å². The average Bonchev–Trinajstić information content (AvgIpc) is 2.13. The fraction of sp³-hybridized carbons (Fsp3) is 0.375. The van der Waals surface area contributed by atoms with E-state index in [4.69, 9.17) is 0 Å². The maximum Gasteiger partial charge on any atom is 0.433 e. The van der Waals surface area contributed by atoms with Crippen LogP contribution >= 0.6 is 15.9 Å². The van der Waals surface area contributed by atoms with Gasteiger partial charge in [0, 0.05) is 17.1 Å². The van der Waals surface area contributed by atoms with Crippen LogP contribution in [0.4, 0.5) is 26.3 Å². The number of pyridine rings is 1. The van der Waals surface area contributed by atoms with E-state index < -0.39 is 34.5 Å². The molecule has 1 aromatic rings. The molecule has 0 N–H and O–H groups in total. The zero-order chi connectivity index (χ0) is 12.6. The van der Waals surface area contributed by atoms with Crippen LogP contribution in [0.3, 0.4) is 0 Å². The predicted molar refractivity (Wildman–Crippen MR) is 46.9 cm³/mol. The molecule has 16 heavy (non-hydrogen) atoms. The molecule has 0 fully saturated rings. The van der Waals surface area contributed by atoms with E-state index in [1.165, 1.54) is 0 Å². The first-order chi connectivity index (χ1) is 7.18. The van der Waals surface area contributed by atoms with Crippen molar-refractivity contribution in [2.75, 3.05) is 0 Å². The number of rotatable bonds is 1. The summed E-state index contributed by atoms with van der Waals surface area (Å²) >= 11 is 2.60. The summed E-state index contributed by atoms with van der Waals surface area (Å²) < 4.78 is 74.2. The molecule has 0 aliphatic rings. The van der Waals surface area contributed by atoms with Crippen molar-refractivity contribution < 1.29 is 26.3 Å². The van der Waals surface area contributed by atoms with Crippen molar-refractivity contribution >= 4 is 15.9 Å². The van der Waals surface area contributed by atoms with Gasteiger partial charge < -0.3 is 0 Å². The number of nitrogens with zero attached hydrogens (tertiary/aromatic N) is 1. The van der Waals surface area contributed by atoms with E-state index in [1.54, 1.807) is 0 Å². The number of hydrogen-bond donors (Lipinski definition) is 0. The molecule has 0 saturated carbocycles. The predicted octanol–water partition coefficient (Wildman–Crippen LogP) is 4.01. The molecule has 0 unspecified atom stereocenters. The highest BCUT2D eigenvalue weighted by Gasteiger charge is 2.41. The minimum absolute atomic E-state index is 0.498. The van der Waals surface area contributed by atoms with E-state index in [-0.39, 0.29) is 0 Å². The largest absolute Gasteiger partial charge is 0.433 e. The van der Waals surface area contributed by atoms with E-state index in [1.807, 2.05) is 0 Å². The minimum Gasteiger partial charge on any atom is -0.251 e. The van der Waals surface area contributed by atoms with E-state index >= 15 is 0 Å². The normalized spacial score (nSPS) is 12.9. The zero-order valence-corrected chi connectivity index (χ0v) is 9.04. The van der Waals surface area contributed by atoms with Crippen LogP contribution in [0.25, 0.3) is 0 Å². The first-order valence-corrected chi connectivity index (χ1v) is 4.98. The second kappa shape index (κ2) is 4.23. The van der Waals surface area contributed by atoms with Gasteiger partial charge in [-0.05, 0) is 6.07 Å². The fourth-order valence-electron chi connectivity index (χ4n) is 1.14. The third-order valence-electron chi connectivity index (χ3n) is 1.76. The van der Waals surface area contributed by atoms with Crippen LogP contribution in [0, 0.1) is 0 Å². The lowest BCUT2D eigenvalue weighted by atomic mass is 10.1. The molecule has 1 nitrogen and oxygen atoms in total. The standard InChI is InChI=1S/C8H4BrF6N/c9-3-4-5(7(10,11)12)1-2-16-6(4)8(13,14)15/h1-2H,3H2. The Bertz CT molecular complexity index is 351. The van der Waals surface area contributed by atoms with Crippen molar-refractivity contribution in [2.45, 2.75) is 17.7 Å². The minimum atomic E-state index is -4.90. The van der Waals surface area contributed by atoms with Crippen LogP contribution in [0.1, 0.15) is 16.8 Å². The highest BCUT2D eigenvalue weighted by molar-refractivity contribution is 9.08. The van der Waals surface area contributed by atoms with Gasteiger partial charge in [0.05, 0.1) is 5.56 Å². The first kappa shape index (κ1) is 13.3. The highest BCUT2D eigenvalue weighted by atomic mass is 79.9. The Balaban J connectivity index is 3.45. The monoisotopic (exact) mass is 307 g/mol. The summed E-state index contributed by atoms with van der Waals surface area (Å²) in [5.41, 5.74) is -3.74. The third-order valence-corrected chi connectivity index (χ3v) is 2.32. The SMILES string of the molecule is FC(F)(F)c1ccnc(C(F)(F)F)c1CBr. The molecule has 0 radical (unpaired) electrons. The summed E-state index contributed by atoms with van der Waals surface area (Å²) in [6.07, 6.45) is -9.23. The molecule has 0 aromatic carbocycles. The summed E-state index contributed by atoms with van der Waals surface area (Å²) in [4.78, 5) is 2.94. The van der Waals surface area contributed by atoms with Crippen LogP contribution in [0.15, 0.2) is 12.3 Å². The zero-order valence-electron chi connectivity index (χ0n) is 7.45. The van der Waals surface area contributed by atoms with Gasteiger partial charge in [0.1, 0.15) is 5.69 Å². The van der Waals surface area contributed by atoms with E-state index in [0.29, 0.717) is 12.3 Å². The van der Waals surface area contributed by atoms with Crippen molar-refractivity contribution in [1.82, 2.24) is 4.98 Å². The van der Waals surface area contributed by atoms with Gasteiger partial charge in [-0.3, -0.25) is 4.98 Å². The molecule has 0 bridgehead atoms. The molecule has 0 aliphatic carbocycles. The highest BCUT2D eigenvalue weighted by Crippen LogP contribution is 2.38. The van der Waals surface area contributed by atoms with Gasteiger partial charge in [0.2, 0.25) is 0 Å². The van der Waals surface area contributed by atoms with Gasteiger partial charge in [0.25, 0.3) is 0 Å². The van der Waals surface area contributed by atoms with Crippen molar-refractivity contribution in [3.63, 3.8) is 0 Å². The van der Waals surface area contributed by atoms with Gasteiger partial charge >= 0.3 is 12.4 Å². The first-order valence-electron chi connectivity index (χ1n) is 3.86. The van der Waals surface area contributed by atoms with Crippen LogP contribution in [0.5, 0.6) is 0 Å². The molecule has 1 rings (SSSR count). The molecular formula is C8H4BrF6N. The number of halogens is 7. The van der Waals surface area contributed by atoms with Crippen molar-refractivity contribution in [2.24, 2.45) is 0 Å². The molecule has 1 aromatic heterocycles. The molecule has 1 heterocycles. The Morgan fingerprint density at radius 2 is 1.62 bits per heavy atom. The van der Waals surface area contributed by atoms with Gasteiger partial charge in [-0.15, -0.1) is 0 Å². The topological polar surface area (TPSA) is 12.9 Å². The third kappa shape index (κ3) is 2.66. The van der Waals surface area contributed by atoms with Crippen molar-refractivity contribution in [3.05, 3.63) is 29.1 Å². The molecule has 0 atom stereocenters. The van der Waals surface area contributed by atoms with Crippen LogP contribution in [0.2, 0.25) is 0 Å². The van der Waals surface area contributed by atoms with E-state index in [2.05, 4.69) is 20.9 Å². The molecule has 0 aliphatic heterocycles. The molecule has 0 spiro atoms. The lowest BCUT2D eigenvalue weighted by molar-refractivity contribution is -0.146. The maximum absolute atomic E-state index is 12.4. The summed E-state index contributed by atoms with van der Waals surface area (Å²) in [6.45, 7) is 0. The summed E-state index contributed by atoms with van der Waals surface area (Å²) in [7, 11) is 0. The van der Waals surface area contributed by atoms with Gasteiger partial charge in [-0.2, -0.15) is 26.3 Å². The molecule has 90 valence electrons. The average molecular weight is 308 g/mol. The summed E-state index contributed by atoms with van der Waals surface area (Å²) in [5, 5.41) is -0.565. The van der Waals surface area contributed by atoms with E-state index in [0.717, 1.165) is 0 Å². The second-order valence-corrected chi connectivity index (χ2v) is 3.38. The maximum atomic E-state index is 12.4. The van der Waals surface area contributed by atoms with Gasteiger partial charge in [0.15, 0.2) is 0 Å². The Kier molecular flexibility index (Phi) is 3.51. The summed E-state index contributed by atoms with van der Waals surface area (Å²) in [6, 6.07) is 0.520. The lowest BCUT2D eigenvalue weighted by Crippen LogP contribution is -2.17. The van der Waals surface area contributed by atoms with Crippen LogP contribution in [-0.2, 0) is 17.7 Å². The Morgan fingerprint density at radius 3 is 2.00 bits per heavy atom. The van der Waals surface area contributed by atoms with Gasteiger partial charge in [-0.1, -0.05) is 15.9 Å². The second-order valence-electron chi connectivity index (χ2n) is 2.81.